The van der Waals surface area contributed by atoms with Crippen molar-refractivity contribution in [3.05, 3.63) is 12.3 Å². The molecule has 1 rings (SSSR count). The smallest absolute Gasteiger partial charge is 0.146 e. The second-order valence-corrected chi connectivity index (χ2v) is 2.41. The Morgan fingerprint density at radius 2 is 2.71 bits per heavy atom. The van der Waals surface area contributed by atoms with Crippen LogP contribution in [0.5, 0.6) is 0 Å². The Balaban J connectivity index is 2.22. The molecule has 0 saturated heterocycles. The summed E-state index contributed by atoms with van der Waals surface area (Å²) in [6.45, 7) is 0. The van der Waals surface area contributed by atoms with Crippen molar-refractivity contribution in [2.45, 2.75) is 11.9 Å². The van der Waals surface area contributed by atoms with Gasteiger partial charge in [-0.2, -0.15) is 0 Å². The van der Waals surface area contributed by atoms with Gasteiger partial charge < -0.3 is 4.74 Å². The number of ether oxygens (including phenoxy) is 1. The molecule has 1 unspecified atom stereocenters. The number of thioether (sulfide) groups is 1. The van der Waals surface area contributed by atoms with Gasteiger partial charge in [0.05, 0.1) is 6.26 Å². The first-order valence-electron chi connectivity index (χ1n) is 2.27. The van der Waals surface area contributed by atoms with Gasteiger partial charge >= 0.3 is 0 Å². The van der Waals surface area contributed by atoms with Crippen LogP contribution in [0, 0.1) is 0 Å². The van der Waals surface area contributed by atoms with Gasteiger partial charge in [0.15, 0.2) is 0 Å². The summed E-state index contributed by atoms with van der Waals surface area (Å²) in [6, 6.07) is 0. The average Bonchev–Trinajstić information content (AvgIpc) is 2.14. The van der Waals surface area contributed by atoms with Crippen molar-refractivity contribution in [1.82, 2.24) is 0 Å². The van der Waals surface area contributed by atoms with Crippen LogP contribution in [-0.4, -0.2) is 11.7 Å². The molecular weight excluding hydrogens is 108 g/mol. The molecule has 0 aromatic carbocycles. The van der Waals surface area contributed by atoms with E-state index in [1.165, 1.54) is 0 Å². The van der Waals surface area contributed by atoms with E-state index in [0.29, 0.717) is 5.44 Å². The molecule has 0 spiro atoms. The summed E-state index contributed by atoms with van der Waals surface area (Å²) >= 11 is 1.75. The largest absolute Gasteiger partial charge is 0.487 e. The Bertz CT molecular complexity index is 72.1. The zero-order valence-electron chi connectivity index (χ0n) is 4.26. The van der Waals surface area contributed by atoms with Crippen molar-refractivity contribution in [1.29, 1.82) is 0 Å². The van der Waals surface area contributed by atoms with Crippen LogP contribution in [0.15, 0.2) is 12.3 Å². The molecule has 0 bridgehead atoms. The summed E-state index contributed by atoms with van der Waals surface area (Å²) in [6.07, 6.45) is 6.93. The molecule has 0 amide bonds. The van der Waals surface area contributed by atoms with Crippen molar-refractivity contribution in [2.75, 3.05) is 6.26 Å². The van der Waals surface area contributed by atoms with Gasteiger partial charge in [-0.25, -0.2) is 0 Å². The van der Waals surface area contributed by atoms with Gasteiger partial charge in [-0.1, -0.05) is 0 Å². The highest BCUT2D eigenvalue weighted by molar-refractivity contribution is 7.99. The Kier molecular flexibility index (Phi) is 1.63. The van der Waals surface area contributed by atoms with Gasteiger partial charge in [0.1, 0.15) is 5.44 Å². The molecule has 40 valence electrons. The molecule has 1 aliphatic rings. The standard InChI is InChI=1S/C5H8OS/c1-7-5-3-2-4-6-5/h2,4-5H,3H2,1H3. The molecule has 0 aromatic rings. The molecule has 1 nitrogen and oxygen atoms in total. The zero-order valence-corrected chi connectivity index (χ0v) is 5.07. The lowest BCUT2D eigenvalue weighted by atomic mass is 10.5. The Labute approximate surface area is 47.7 Å². The molecule has 0 fully saturated rings. The van der Waals surface area contributed by atoms with Crippen LogP contribution in [0.4, 0.5) is 0 Å². The molecule has 0 saturated carbocycles. The fourth-order valence-electron chi connectivity index (χ4n) is 0.517. The highest BCUT2D eigenvalue weighted by Gasteiger charge is 2.06. The van der Waals surface area contributed by atoms with Gasteiger partial charge in [-0.05, 0) is 12.3 Å². The maximum absolute atomic E-state index is 5.08. The third-order valence-corrected chi connectivity index (χ3v) is 1.75. The maximum Gasteiger partial charge on any atom is 0.146 e. The Morgan fingerprint density at radius 3 is 3.00 bits per heavy atom. The van der Waals surface area contributed by atoms with Gasteiger partial charge in [-0.15, -0.1) is 11.8 Å². The lowest BCUT2D eigenvalue weighted by Gasteiger charge is -2.02. The molecular formula is C5H8OS. The van der Waals surface area contributed by atoms with Crippen molar-refractivity contribution in [2.24, 2.45) is 0 Å². The molecule has 2 heteroatoms. The molecule has 0 N–H and O–H groups in total. The van der Waals surface area contributed by atoms with Gasteiger partial charge in [-0.3, -0.25) is 0 Å². The first kappa shape index (κ1) is 5.04. The fourth-order valence-corrected chi connectivity index (χ4v) is 0.996. The van der Waals surface area contributed by atoms with E-state index in [-0.39, 0.29) is 0 Å². The molecule has 1 atom stereocenters. The third kappa shape index (κ3) is 1.13. The number of hydrogen-bond donors (Lipinski definition) is 0. The SMILES string of the molecule is CSC1CC=CO1. The third-order valence-electron chi connectivity index (χ3n) is 0.918. The van der Waals surface area contributed by atoms with E-state index in [0.717, 1.165) is 6.42 Å². The van der Waals surface area contributed by atoms with Gasteiger partial charge in [0.2, 0.25) is 0 Å². The lowest BCUT2D eigenvalue weighted by Crippen LogP contribution is -1.94. The predicted octanol–water partition coefficient (Wildman–Crippen LogP) is 1.61. The van der Waals surface area contributed by atoms with Gasteiger partial charge in [0.25, 0.3) is 0 Å². The van der Waals surface area contributed by atoms with E-state index in [1.807, 2.05) is 6.08 Å². The minimum Gasteiger partial charge on any atom is -0.487 e. The van der Waals surface area contributed by atoms with Crippen LogP contribution in [0.3, 0.4) is 0 Å². The van der Waals surface area contributed by atoms with Crippen LogP contribution in [0.25, 0.3) is 0 Å². The molecule has 0 aromatic heterocycles. The highest BCUT2D eigenvalue weighted by Crippen LogP contribution is 2.17. The van der Waals surface area contributed by atoms with Crippen LogP contribution in [0.1, 0.15) is 6.42 Å². The summed E-state index contributed by atoms with van der Waals surface area (Å²) in [4.78, 5) is 0. The van der Waals surface area contributed by atoms with E-state index < -0.39 is 0 Å². The normalized spacial score (nSPS) is 27.9. The summed E-state index contributed by atoms with van der Waals surface area (Å²) < 4.78 is 5.08. The van der Waals surface area contributed by atoms with Gasteiger partial charge in [0, 0.05) is 6.42 Å². The molecule has 0 aliphatic carbocycles. The minimum atomic E-state index is 0.403. The van der Waals surface area contributed by atoms with Crippen LogP contribution in [0.2, 0.25) is 0 Å². The number of hydrogen-bond acceptors (Lipinski definition) is 2. The topological polar surface area (TPSA) is 9.23 Å². The van der Waals surface area contributed by atoms with Crippen molar-refractivity contribution in [3.8, 4) is 0 Å². The second kappa shape index (κ2) is 2.26. The summed E-state index contributed by atoms with van der Waals surface area (Å²) in [5, 5.41) is 0. The monoisotopic (exact) mass is 116 g/mol. The van der Waals surface area contributed by atoms with E-state index in [1.54, 1.807) is 18.0 Å². The predicted molar refractivity (Wildman–Crippen MR) is 32.1 cm³/mol. The van der Waals surface area contributed by atoms with Crippen molar-refractivity contribution >= 4 is 11.8 Å². The highest BCUT2D eigenvalue weighted by atomic mass is 32.2. The molecule has 1 aliphatic heterocycles. The first-order chi connectivity index (χ1) is 3.43. The summed E-state index contributed by atoms with van der Waals surface area (Å²) in [5.41, 5.74) is 0.403. The molecule has 1 heterocycles. The quantitative estimate of drug-likeness (QED) is 0.514. The van der Waals surface area contributed by atoms with E-state index in [2.05, 4.69) is 6.26 Å². The van der Waals surface area contributed by atoms with E-state index in [4.69, 9.17) is 4.74 Å². The lowest BCUT2D eigenvalue weighted by molar-refractivity contribution is 0.251. The van der Waals surface area contributed by atoms with E-state index >= 15 is 0 Å². The van der Waals surface area contributed by atoms with Crippen molar-refractivity contribution < 1.29 is 4.74 Å². The number of rotatable bonds is 1. The van der Waals surface area contributed by atoms with Crippen LogP contribution < -0.4 is 0 Å². The summed E-state index contributed by atoms with van der Waals surface area (Å²) in [5.74, 6) is 0. The van der Waals surface area contributed by atoms with Crippen molar-refractivity contribution in [3.63, 3.8) is 0 Å². The zero-order chi connectivity index (χ0) is 5.11. The summed E-state index contributed by atoms with van der Waals surface area (Å²) in [7, 11) is 0. The maximum atomic E-state index is 5.08. The second-order valence-electron chi connectivity index (χ2n) is 1.41. The molecule has 0 radical (unpaired) electrons. The fraction of sp³-hybridized carbons (Fsp3) is 0.600. The average molecular weight is 116 g/mol. The van der Waals surface area contributed by atoms with Crippen LogP contribution in [-0.2, 0) is 4.74 Å². The Hall–Kier alpha value is -0.110. The van der Waals surface area contributed by atoms with Crippen LogP contribution >= 0.6 is 11.8 Å². The minimum absolute atomic E-state index is 0.403. The molecule has 7 heavy (non-hydrogen) atoms. The Morgan fingerprint density at radius 1 is 1.86 bits per heavy atom. The first-order valence-corrected chi connectivity index (χ1v) is 3.55. The van der Waals surface area contributed by atoms with E-state index in [9.17, 15) is 0 Å².